The van der Waals surface area contributed by atoms with Gasteiger partial charge in [0.05, 0.1) is 12.7 Å². The van der Waals surface area contributed by atoms with Crippen molar-refractivity contribution in [2.45, 2.75) is 6.92 Å². The number of Topliss-reactive ketones (excluding diaryl/α,β-unsaturated/α-hetero) is 1. The van der Waals surface area contributed by atoms with Crippen molar-refractivity contribution in [3.63, 3.8) is 0 Å². The number of rotatable bonds is 4. The first-order valence-electron chi connectivity index (χ1n) is 6.04. The smallest absolute Gasteiger partial charge is 0.168 e. The molecule has 0 saturated carbocycles. The molecule has 2 rings (SSSR count). The van der Waals surface area contributed by atoms with Gasteiger partial charge in [0.15, 0.2) is 23.6 Å². The summed E-state index contributed by atoms with van der Waals surface area (Å²) >= 11 is 0. The molecule has 0 spiro atoms. The second-order valence-electron chi connectivity index (χ2n) is 4.37. The number of carbonyl (C=O) groups is 2. The fraction of sp³-hybridized carbons (Fsp3) is 0.125. The van der Waals surface area contributed by atoms with Crippen LogP contribution in [0.4, 0.5) is 0 Å². The molecule has 0 saturated heterocycles. The molecule has 4 heteroatoms. The molecule has 0 heterocycles. The molecule has 1 N–H and O–H groups in total. The molecule has 20 heavy (non-hydrogen) atoms. The molecule has 0 radical (unpaired) electrons. The van der Waals surface area contributed by atoms with Crippen molar-refractivity contribution in [3.05, 3.63) is 47.5 Å². The largest absolute Gasteiger partial charge is 0.504 e. The Kier molecular flexibility index (Phi) is 3.84. The first kappa shape index (κ1) is 13.8. The van der Waals surface area contributed by atoms with Gasteiger partial charge in [0.2, 0.25) is 0 Å². The van der Waals surface area contributed by atoms with Crippen molar-refractivity contribution < 1.29 is 19.4 Å². The lowest BCUT2D eigenvalue weighted by atomic mass is 9.99. The third kappa shape index (κ3) is 2.54. The number of aromatic hydroxyl groups is 1. The quantitative estimate of drug-likeness (QED) is 0.685. The maximum Gasteiger partial charge on any atom is 0.168 e. The Hall–Kier alpha value is -2.62. The monoisotopic (exact) mass is 270 g/mol. The summed E-state index contributed by atoms with van der Waals surface area (Å²) in [6, 6.07) is 10.2. The number of ether oxygens (including phenoxy) is 1. The van der Waals surface area contributed by atoms with Gasteiger partial charge in [0, 0.05) is 5.56 Å². The Balaban J connectivity index is 2.60. The van der Waals surface area contributed by atoms with Gasteiger partial charge >= 0.3 is 0 Å². The van der Waals surface area contributed by atoms with Crippen LogP contribution in [-0.4, -0.2) is 24.3 Å². The van der Waals surface area contributed by atoms with E-state index >= 15 is 0 Å². The number of carbonyl (C=O) groups excluding carboxylic acids is 2. The van der Waals surface area contributed by atoms with E-state index in [2.05, 4.69) is 0 Å². The van der Waals surface area contributed by atoms with Gasteiger partial charge < -0.3 is 9.84 Å². The highest BCUT2D eigenvalue weighted by Crippen LogP contribution is 2.34. The molecule has 0 fully saturated rings. The molecule has 0 bridgehead atoms. The van der Waals surface area contributed by atoms with E-state index in [9.17, 15) is 14.7 Å². The van der Waals surface area contributed by atoms with Gasteiger partial charge in [-0.25, -0.2) is 0 Å². The van der Waals surface area contributed by atoms with Crippen LogP contribution >= 0.6 is 0 Å². The van der Waals surface area contributed by atoms with Crippen molar-refractivity contribution in [2.24, 2.45) is 0 Å². The molecular weight excluding hydrogens is 256 g/mol. The normalized spacial score (nSPS) is 10.1. The zero-order valence-corrected chi connectivity index (χ0v) is 11.2. The molecule has 0 unspecified atom stereocenters. The topological polar surface area (TPSA) is 63.6 Å². The maximum absolute atomic E-state index is 11.4. The lowest BCUT2D eigenvalue weighted by molar-refractivity contribution is 0.101. The SMILES string of the molecule is COc1cc(-c2cccc(C(C)=O)c2)cc(C=O)c1O. The van der Waals surface area contributed by atoms with Crippen molar-refractivity contribution in [1.29, 1.82) is 0 Å². The molecule has 0 aliphatic rings. The van der Waals surface area contributed by atoms with Crippen LogP contribution in [0.5, 0.6) is 11.5 Å². The summed E-state index contributed by atoms with van der Waals surface area (Å²) in [5.41, 5.74) is 2.21. The standard InChI is InChI=1S/C16H14O4/c1-10(18)11-4-3-5-12(6-11)13-7-14(9-17)16(19)15(8-13)20-2/h3-9,19H,1-2H3. The average molecular weight is 270 g/mol. The van der Waals surface area contributed by atoms with E-state index in [-0.39, 0.29) is 22.8 Å². The van der Waals surface area contributed by atoms with Crippen LogP contribution in [0.15, 0.2) is 36.4 Å². The molecule has 102 valence electrons. The minimum atomic E-state index is -0.186. The predicted octanol–water partition coefficient (Wildman–Crippen LogP) is 3.08. The average Bonchev–Trinajstić information content (AvgIpc) is 2.47. The summed E-state index contributed by atoms with van der Waals surface area (Å²) in [7, 11) is 1.42. The number of methoxy groups -OCH3 is 1. The number of aldehydes is 1. The number of hydrogen-bond acceptors (Lipinski definition) is 4. The van der Waals surface area contributed by atoms with Gasteiger partial charge in [-0.2, -0.15) is 0 Å². The maximum atomic E-state index is 11.4. The summed E-state index contributed by atoms with van der Waals surface area (Å²) in [6.07, 6.45) is 0.566. The molecule has 0 aliphatic carbocycles. The highest BCUT2D eigenvalue weighted by Gasteiger charge is 2.12. The van der Waals surface area contributed by atoms with Gasteiger partial charge in [0.1, 0.15) is 0 Å². The zero-order valence-electron chi connectivity index (χ0n) is 11.2. The van der Waals surface area contributed by atoms with E-state index in [4.69, 9.17) is 4.74 Å². The molecule has 0 aliphatic heterocycles. The van der Waals surface area contributed by atoms with Crippen LogP contribution in [0.2, 0.25) is 0 Å². The van der Waals surface area contributed by atoms with E-state index < -0.39 is 0 Å². The van der Waals surface area contributed by atoms with Gasteiger partial charge in [0.25, 0.3) is 0 Å². The van der Waals surface area contributed by atoms with Gasteiger partial charge in [-0.15, -0.1) is 0 Å². The van der Waals surface area contributed by atoms with E-state index in [1.807, 2.05) is 6.07 Å². The molecule has 0 amide bonds. The lowest BCUT2D eigenvalue weighted by Gasteiger charge is -2.10. The summed E-state index contributed by atoms with van der Waals surface area (Å²) in [5.74, 6) is 0.00000438. The number of phenols is 1. The van der Waals surface area contributed by atoms with Gasteiger partial charge in [-0.1, -0.05) is 18.2 Å². The van der Waals surface area contributed by atoms with Crippen molar-refractivity contribution in [3.8, 4) is 22.6 Å². The zero-order chi connectivity index (χ0) is 14.7. The summed E-state index contributed by atoms with van der Waals surface area (Å²) < 4.78 is 5.05. The Morgan fingerprint density at radius 1 is 1.20 bits per heavy atom. The first-order valence-corrected chi connectivity index (χ1v) is 6.04. The van der Waals surface area contributed by atoms with E-state index in [0.717, 1.165) is 5.56 Å². The van der Waals surface area contributed by atoms with Crippen LogP contribution in [0, 0.1) is 0 Å². The Morgan fingerprint density at radius 2 is 1.95 bits per heavy atom. The molecule has 2 aromatic rings. The van der Waals surface area contributed by atoms with E-state index in [1.54, 1.807) is 30.3 Å². The second kappa shape index (κ2) is 5.57. The minimum absolute atomic E-state index is 0.0341. The fourth-order valence-electron chi connectivity index (χ4n) is 1.96. The van der Waals surface area contributed by atoms with Gasteiger partial charge in [-0.3, -0.25) is 9.59 Å². The van der Waals surface area contributed by atoms with Crippen LogP contribution in [0.1, 0.15) is 27.6 Å². The molecule has 4 nitrogen and oxygen atoms in total. The number of hydrogen-bond donors (Lipinski definition) is 1. The van der Waals surface area contributed by atoms with Crippen molar-refractivity contribution in [1.82, 2.24) is 0 Å². The molecule has 2 aromatic carbocycles. The Morgan fingerprint density at radius 3 is 2.55 bits per heavy atom. The Bertz CT molecular complexity index is 674. The third-order valence-electron chi connectivity index (χ3n) is 3.05. The van der Waals surface area contributed by atoms with Crippen molar-refractivity contribution >= 4 is 12.1 Å². The number of ketones is 1. The van der Waals surface area contributed by atoms with Crippen molar-refractivity contribution in [2.75, 3.05) is 7.11 Å². The summed E-state index contributed by atoms with van der Waals surface area (Å²) in [4.78, 5) is 22.4. The predicted molar refractivity (Wildman–Crippen MR) is 75.5 cm³/mol. The van der Waals surface area contributed by atoms with Gasteiger partial charge in [-0.05, 0) is 36.2 Å². The van der Waals surface area contributed by atoms with E-state index in [0.29, 0.717) is 17.4 Å². The highest BCUT2D eigenvalue weighted by atomic mass is 16.5. The highest BCUT2D eigenvalue weighted by molar-refractivity contribution is 5.95. The van der Waals surface area contributed by atoms with Crippen LogP contribution < -0.4 is 4.74 Å². The second-order valence-corrected chi connectivity index (χ2v) is 4.37. The van der Waals surface area contributed by atoms with Crippen LogP contribution in [-0.2, 0) is 0 Å². The minimum Gasteiger partial charge on any atom is -0.504 e. The lowest BCUT2D eigenvalue weighted by Crippen LogP contribution is -1.94. The summed E-state index contributed by atoms with van der Waals surface area (Å²) in [5, 5.41) is 9.79. The number of phenolic OH excluding ortho intramolecular Hbond substituents is 1. The van der Waals surface area contributed by atoms with Crippen LogP contribution in [0.25, 0.3) is 11.1 Å². The fourth-order valence-corrected chi connectivity index (χ4v) is 1.96. The molecule has 0 aromatic heterocycles. The first-order chi connectivity index (χ1) is 9.56. The van der Waals surface area contributed by atoms with E-state index in [1.165, 1.54) is 14.0 Å². The number of benzene rings is 2. The van der Waals surface area contributed by atoms with Crippen LogP contribution in [0.3, 0.4) is 0 Å². The molecular formula is C16H14O4. The third-order valence-corrected chi connectivity index (χ3v) is 3.05. The molecule has 0 atom stereocenters. The summed E-state index contributed by atoms with van der Waals surface area (Å²) in [6.45, 7) is 1.49. The Labute approximate surface area is 116 Å².